The van der Waals surface area contributed by atoms with Crippen molar-refractivity contribution in [2.75, 3.05) is 10.6 Å². The van der Waals surface area contributed by atoms with Crippen LogP contribution >= 0.6 is 0 Å². The zero-order valence-corrected chi connectivity index (χ0v) is 19.8. The standard InChI is InChI=1S/C28H28N6O/c1-19(2)34-18-23-25(27(34)35)32-28(30-17-20-10-9-15-29-16-20)33-26(23)31-24(21-11-5-3-6-12-21)22-13-7-4-8-14-22/h3-16,18-19,24,35H,17H2,1-2H3,(H2,30,31,32,33). The van der Waals surface area contributed by atoms with Gasteiger partial charge in [0.05, 0.1) is 11.4 Å². The third-order valence-electron chi connectivity index (χ3n) is 5.95. The number of anilines is 2. The molecule has 0 saturated carbocycles. The van der Waals surface area contributed by atoms with Crippen LogP contribution < -0.4 is 10.6 Å². The molecule has 7 nitrogen and oxygen atoms in total. The maximum absolute atomic E-state index is 11.0. The summed E-state index contributed by atoms with van der Waals surface area (Å²) in [6.45, 7) is 4.57. The van der Waals surface area contributed by atoms with Crippen molar-refractivity contribution in [2.45, 2.75) is 32.5 Å². The molecule has 5 rings (SSSR count). The second kappa shape index (κ2) is 9.85. The van der Waals surface area contributed by atoms with Crippen LogP contribution in [0.2, 0.25) is 0 Å². The van der Waals surface area contributed by atoms with Crippen LogP contribution in [-0.2, 0) is 6.54 Å². The van der Waals surface area contributed by atoms with Crippen LogP contribution in [-0.4, -0.2) is 24.6 Å². The number of nitrogens with zero attached hydrogens (tertiary/aromatic N) is 4. The Bertz CT molecular complexity index is 1360. The SMILES string of the molecule is CC(C)n1cc2c(NC(c3ccccc3)c3ccccc3)nc(NCc3cccnc3)nc2c1O. The molecule has 0 aliphatic rings. The molecular formula is C28H28N6O. The van der Waals surface area contributed by atoms with Crippen LogP contribution in [0.25, 0.3) is 10.9 Å². The summed E-state index contributed by atoms with van der Waals surface area (Å²) in [7, 11) is 0. The number of nitrogens with one attached hydrogen (secondary N) is 2. The number of hydrogen-bond donors (Lipinski definition) is 3. The van der Waals surface area contributed by atoms with Crippen molar-refractivity contribution in [1.29, 1.82) is 0 Å². The summed E-state index contributed by atoms with van der Waals surface area (Å²) in [4.78, 5) is 13.7. The second-order valence-corrected chi connectivity index (χ2v) is 8.73. The Balaban J connectivity index is 1.59. The quantitative estimate of drug-likeness (QED) is 0.264. The van der Waals surface area contributed by atoms with Gasteiger partial charge in [0.1, 0.15) is 11.3 Å². The van der Waals surface area contributed by atoms with Crippen LogP contribution in [0.3, 0.4) is 0 Å². The van der Waals surface area contributed by atoms with Crippen molar-refractivity contribution < 1.29 is 5.11 Å². The number of aromatic hydroxyl groups is 1. The van der Waals surface area contributed by atoms with Crippen molar-refractivity contribution in [3.63, 3.8) is 0 Å². The van der Waals surface area contributed by atoms with Gasteiger partial charge in [-0.1, -0.05) is 66.7 Å². The van der Waals surface area contributed by atoms with Crippen LogP contribution in [0.1, 0.15) is 42.6 Å². The van der Waals surface area contributed by atoms with E-state index in [1.165, 1.54) is 0 Å². The highest BCUT2D eigenvalue weighted by Crippen LogP contribution is 2.36. The Labute approximate surface area is 204 Å². The fourth-order valence-electron chi connectivity index (χ4n) is 4.14. The largest absolute Gasteiger partial charge is 0.493 e. The van der Waals surface area contributed by atoms with E-state index in [0.29, 0.717) is 23.8 Å². The summed E-state index contributed by atoms with van der Waals surface area (Å²) < 4.78 is 1.81. The molecule has 3 aromatic heterocycles. The molecule has 3 heterocycles. The molecule has 176 valence electrons. The lowest BCUT2D eigenvalue weighted by Gasteiger charge is -2.21. The molecule has 5 aromatic rings. The average Bonchev–Trinajstić information content (AvgIpc) is 3.24. The highest BCUT2D eigenvalue weighted by Gasteiger charge is 2.21. The van der Waals surface area contributed by atoms with Crippen molar-refractivity contribution in [3.05, 3.63) is 108 Å². The summed E-state index contributed by atoms with van der Waals surface area (Å²) in [6.07, 6.45) is 5.46. The van der Waals surface area contributed by atoms with Gasteiger partial charge in [-0.2, -0.15) is 4.98 Å². The van der Waals surface area contributed by atoms with E-state index in [4.69, 9.17) is 4.98 Å². The van der Waals surface area contributed by atoms with Gasteiger partial charge < -0.3 is 20.3 Å². The monoisotopic (exact) mass is 464 g/mol. The lowest BCUT2D eigenvalue weighted by molar-refractivity contribution is 0.404. The van der Waals surface area contributed by atoms with Gasteiger partial charge in [-0.3, -0.25) is 4.98 Å². The maximum Gasteiger partial charge on any atom is 0.225 e. The van der Waals surface area contributed by atoms with Crippen LogP contribution in [0, 0.1) is 0 Å². The normalized spacial score (nSPS) is 11.3. The first-order chi connectivity index (χ1) is 17.1. The molecular weight excluding hydrogens is 436 g/mol. The summed E-state index contributed by atoms with van der Waals surface area (Å²) in [5, 5.41) is 18.7. The van der Waals surface area contributed by atoms with E-state index < -0.39 is 0 Å². The second-order valence-electron chi connectivity index (χ2n) is 8.73. The summed E-state index contributed by atoms with van der Waals surface area (Å²) in [5.41, 5.74) is 3.75. The fourth-order valence-corrected chi connectivity index (χ4v) is 4.14. The molecule has 0 unspecified atom stereocenters. The number of benzene rings is 2. The van der Waals surface area contributed by atoms with Gasteiger partial charge in [0, 0.05) is 31.2 Å². The lowest BCUT2D eigenvalue weighted by atomic mass is 9.98. The number of fused-ring (bicyclic) bond motifs is 1. The Hall–Kier alpha value is -4.39. The van der Waals surface area contributed by atoms with Crippen molar-refractivity contribution >= 4 is 22.7 Å². The Kier molecular flexibility index (Phi) is 6.30. The summed E-state index contributed by atoms with van der Waals surface area (Å²) in [6, 6.07) is 24.4. The van der Waals surface area contributed by atoms with E-state index in [9.17, 15) is 5.11 Å². The first-order valence-electron chi connectivity index (χ1n) is 11.7. The van der Waals surface area contributed by atoms with Gasteiger partial charge in [-0.25, -0.2) is 4.98 Å². The highest BCUT2D eigenvalue weighted by molar-refractivity contribution is 5.94. The van der Waals surface area contributed by atoms with Gasteiger partial charge >= 0.3 is 0 Å². The van der Waals surface area contributed by atoms with E-state index in [1.54, 1.807) is 12.4 Å². The van der Waals surface area contributed by atoms with Crippen molar-refractivity contribution in [1.82, 2.24) is 19.5 Å². The molecule has 0 spiro atoms. The molecule has 0 aliphatic heterocycles. The summed E-state index contributed by atoms with van der Waals surface area (Å²) in [5.74, 6) is 1.21. The van der Waals surface area contributed by atoms with Gasteiger partial charge in [-0.15, -0.1) is 0 Å². The van der Waals surface area contributed by atoms with Gasteiger partial charge in [0.15, 0.2) is 0 Å². The topological polar surface area (TPSA) is 87.9 Å². The molecule has 2 aromatic carbocycles. The number of rotatable bonds is 8. The molecule has 0 atom stereocenters. The van der Waals surface area contributed by atoms with Crippen molar-refractivity contribution in [3.8, 4) is 5.88 Å². The third-order valence-corrected chi connectivity index (χ3v) is 5.95. The molecule has 3 N–H and O–H groups in total. The van der Waals surface area contributed by atoms with Gasteiger partial charge in [0.25, 0.3) is 0 Å². The van der Waals surface area contributed by atoms with E-state index in [1.807, 2.05) is 73.1 Å². The predicted molar refractivity (Wildman–Crippen MR) is 139 cm³/mol. The average molecular weight is 465 g/mol. The minimum absolute atomic E-state index is 0.0721. The smallest absolute Gasteiger partial charge is 0.225 e. The van der Waals surface area contributed by atoms with E-state index in [-0.39, 0.29) is 18.0 Å². The van der Waals surface area contributed by atoms with Crippen molar-refractivity contribution in [2.24, 2.45) is 0 Å². The number of aromatic nitrogens is 4. The zero-order valence-electron chi connectivity index (χ0n) is 19.8. The van der Waals surface area contributed by atoms with E-state index in [2.05, 4.69) is 44.9 Å². The first-order valence-corrected chi connectivity index (χ1v) is 11.7. The fraction of sp³-hybridized carbons (Fsp3) is 0.179. The Morgan fingerprint density at radius 3 is 2.17 bits per heavy atom. The highest BCUT2D eigenvalue weighted by atomic mass is 16.3. The van der Waals surface area contributed by atoms with Gasteiger partial charge in [-0.05, 0) is 36.6 Å². The minimum Gasteiger partial charge on any atom is -0.493 e. The minimum atomic E-state index is -0.133. The van der Waals surface area contributed by atoms with Crippen LogP contribution in [0.4, 0.5) is 11.8 Å². The van der Waals surface area contributed by atoms with Gasteiger partial charge in [0.2, 0.25) is 11.8 Å². The number of pyridine rings is 1. The molecule has 0 saturated heterocycles. The van der Waals surface area contributed by atoms with E-state index in [0.717, 1.165) is 22.1 Å². The molecule has 35 heavy (non-hydrogen) atoms. The van der Waals surface area contributed by atoms with Crippen LogP contribution in [0.15, 0.2) is 91.4 Å². The Morgan fingerprint density at radius 1 is 0.886 bits per heavy atom. The molecule has 7 heteroatoms. The third kappa shape index (κ3) is 4.80. The first kappa shape index (κ1) is 22.4. The Morgan fingerprint density at radius 2 is 1.57 bits per heavy atom. The molecule has 0 bridgehead atoms. The molecule has 0 amide bonds. The van der Waals surface area contributed by atoms with E-state index >= 15 is 0 Å². The molecule has 0 fully saturated rings. The number of hydrogen-bond acceptors (Lipinski definition) is 6. The summed E-state index contributed by atoms with van der Waals surface area (Å²) >= 11 is 0. The zero-order chi connectivity index (χ0) is 24.2. The maximum atomic E-state index is 11.0. The molecule has 0 aliphatic carbocycles. The predicted octanol–water partition coefficient (Wildman–Crippen LogP) is 5.93. The molecule has 0 radical (unpaired) electrons. The lowest BCUT2D eigenvalue weighted by Crippen LogP contribution is -2.14. The van der Waals surface area contributed by atoms with Crippen LogP contribution in [0.5, 0.6) is 5.88 Å².